The van der Waals surface area contributed by atoms with E-state index in [2.05, 4.69) is 19.9 Å². The van der Waals surface area contributed by atoms with E-state index in [4.69, 9.17) is 0 Å². The molecule has 1 amide bonds. The van der Waals surface area contributed by atoms with Gasteiger partial charge in [0.1, 0.15) is 11.5 Å². The van der Waals surface area contributed by atoms with Crippen LogP contribution in [0, 0.1) is 6.92 Å². The van der Waals surface area contributed by atoms with Crippen LogP contribution < -0.4 is 0 Å². The van der Waals surface area contributed by atoms with Crippen molar-refractivity contribution in [1.82, 2.24) is 24.8 Å². The number of nitrogens with one attached hydrogen (secondary N) is 1. The quantitative estimate of drug-likeness (QED) is 0.607. The first-order valence-corrected chi connectivity index (χ1v) is 8.63. The molecule has 0 fully saturated rings. The van der Waals surface area contributed by atoms with E-state index in [1.165, 1.54) is 0 Å². The molecule has 0 unspecified atom stereocenters. The summed E-state index contributed by atoms with van der Waals surface area (Å²) < 4.78 is 0. The van der Waals surface area contributed by atoms with Gasteiger partial charge in [-0.3, -0.25) is 4.79 Å². The van der Waals surface area contributed by atoms with Crippen molar-refractivity contribution >= 4 is 16.9 Å². The van der Waals surface area contributed by atoms with Crippen LogP contribution in [0.15, 0.2) is 54.9 Å². The first-order valence-electron chi connectivity index (χ1n) is 8.63. The molecule has 0 aliphatic heterocycles. The molecule has 0 atom stereocenters. The molecule has 0 saturated heterocycles. The SMILES string of the molecule is Cc1nccc(-c2cc3c(-c4cccc(C(=O)N(C)C)c4)ccnc3[nH]2)n1. The van der Waals surface area contributed by atoms with Gasteiger partial charge >= 0.3 is 0 Å². The van der Waals surface area contributed by atoms with E-state index in [1.54, 1.807) is 31.4 Å². The highest BCUT2D eigenvalue weighted by Crippen LogP contribution is 2.31. The van der Waals surface area contributed by atoms with Gasteiger partial charge in [-0.05, 0) is 48.4 Å². The van der Waals surface area contributed by atoms with E-state index in [1.807, 2.05) is 49.4 Å². The smallest absolute Gasteiger partial charge is 0.253 e. The highest BCUT2D eigenvalue weighted by atomic mass is 16.2. The Morgan fingerprint density at radius 3 is 2.63 bits per heavy atom. The van der Waals surface area contributed by atoms with Crippen molar-refractivity contribution in [3.63, 3.8) is 0 Å². The Morgan fingerprint density at radius 2 is 1.85 bits per heavy atom. The number of amides is 1. The van der Waals surface area contributed by atoms with Gasteiger partial charge < -0.3 is 9.88 Å². The van der Waals surface area contributed by atoms with Crippen LogP contribution in [0.1, 0.15) is 16.2 Å². The van der Waals surface area contributed by atoms with E-state index >= 15 is 0 Å². The van der Waals surface area contributed by atoms with Gasteiger partial charge in [-0.15, -0.1) is 0 Å². The molecule has 0 aliphatic rings. The number of carbonyl (C=O) groups excluding carboxylic acids is 1. The number of hydrogen-bond donors (Lipinski definition) is 1. The van der Waals surface area contributed by atoms with Crippen molar-refractivity contribution in [2.75, 3.05) is 14.1 Å². The number of fused-ring (bicyclic) bond motifs is 1. The Morgan fingerprint density at radius 1 is 1.04 bits per heavy atom. The number of hydrogen-bond acceptors (Lipinski definition) is 4. The summed E-state index contributed by atoms with van der Waals surface area (Å²) in [6.07, 6.45) is 3.51. The summed E-state index contributed by atoms with van der Waals surface area (Å²) in [4.78, 5) is 30.3. The van der Waals surface area contributed by atoms with Crippen molar-refractivity contribution in [1.29, 1.82) is 0 Å². The van der Waals surface area contributed by atoms with E-state index < -0.39 is 0 Å². The Bertz CT molecular complexity index is 1150. The van der Waals surface area contributed by atoms with Gasteiger partial charge in [-0.1, -0.05) is 12.1 Å². The number of rotatable bonds is 3. The second-order valence-electron chi connectivity index (χ2n) is 6.57. The molecule has 134 valence electrons. The standard InChI is InChI=1S/C21H19N5O/c1-13-22-10-8-18(24-13)19-12-17-16(7-9-23-20(17)25-19)14-5-4-6-15(11-14)21(27)26(2)3/h4-12H,1-3H3,(H,23,25). The summed E-state index contributed by atoms with van der Waals surface area (Å²) in [6, 6.07) is 13.5. The van der Waals surface area contributed by atoms with E-state index in [9.17, 15) is 4.79 Å². The summed E-state index contributed by atoms with van der Waals surface area (Å²) in [7, 11) is 3.50. The second kappa shape index (κ2) is 6.64. The maximum absolute atomic E-state index is 12.3. The molecule has 4 rings (SSSR count). The Hall–Kier alpha value is -3.54. The number of aryl methyl sites for hydroxylation is 1. The fourth-order valence-electron chi connectivity index (χ4n) is 3.10. The normalized spacial score (nSPS) is 10.9. The van der Waals surface area contributed by atoms with Gasteiger partial charge in [0.25, 0.3) is 5.91 Å². The molecule has 1 N–H and O–H groups in total. The highest BCUT2D eigenvalue weighted by molar-refractivity contribution is 5.99. The summed E-state index contributed by atoms with van der Waals surface area (Å²) in [5.74, 6) is 0.697. The number of aromatic amines is 1. The van der Waals surface area contributed by atoms with E-state index in [0.29, 0.717) is 11.4 Å². The largest absolute Gasteiger partial charge is 0.345 e. The lowest BCUT2D eigenvalue weighted by Crippen LogP contribution is -2.21. The zero-order chi connectivity index (χ0) is 19.0. The molecule has 6 heteroatoms. The molecule has 0 bridgehead atoms. The molecule has 0 spiro atoms. The summed E-state index contributed by atoms with van der Waals surface area (Å²) in [5.41, 5.74) is 5.13. The zero-order valence-electron chi connectivity index (χ0n) is 15.4. The van der Waals surface area contributed by atoms with Gasteiger partial charge in [-0.25, -0.2) is 15.0 Å². The molecule has 0 radical (unpaired) electrons. The topological polar surface area (TPSA) is 74.8 Å². The van der Waals surface area contributed by atoms with Crippen LogP contribution in [0.5, 0.6) is 0 Å². The third-order valence-corrected chi connectivity index (χ3v) is 4.41. The van der Waals surface area contributed by atoms with Crippen LogP contribution in [0.2, 0.25) is 0 Å². The zero-order valence-corrected chi connectivity index (χ0v) is 15.4. The predicted octanol–water partition coefficient (Wildman–Crippen LogP) is 3.70. The second-order valence-corrected chi connectivity index (χ2v) is 6.57. The molecule has 4 aromatic rings. The van der Waals surface area contributed by atoms with Gasteiger partial charge in [0, 0.05) is 37.4 Å². The van der Waals surface area contributed by atoms with Crippen LogP contribution in [-0.2, 0) is 0 Å². The maximum atomic E-state index is 12.3. The van der Waals surface area contributed by atoms with Crippen LogP contribution in [0.4, 0.5) is 0 Å². The molecule has 3 aromatic heterocycles. The average molecular weight is 357 g/mol. The van der Waals surface area contributed by atoms with Crippen molar-refractivity contribution < 1.29 is 4.79 Å². The van der Waals surface area contributed by atoms with Crippen LogP contribution >= 0.6 is 0 Å². The predicted molar refractivity (Wildman–Crippen MR) is 105 cm³/mol. The third-order valence-electron chi connectivity index (χ3n) is 4.41. The van der Waals surface area contributed by atoms with Gasteiger partial charge in [0.2, 0.25) is 0 Å². The Balaban J connectivity index is 1.84. The fraction of sp³-hybridized carbons (Fsp3) is 0.143. The molecule has 3 heterocycles. The first-order chi connectivity index (χ1) is 13.0. The lowest BCUT2D eigenvalue weighted by Gasteiger charge is -2.11. The first kappa shape index (κ1) is 16.9. The van der Waals surface area contributed by atoms with E-state index in [0.717, 1.165) is 33.5 Å². The minimum atomic E-state index is -0.0200. The summed E-state index contributed by atoms with van der Waals surface area (Å²) in [6.45, 7) is 1.86. The van der Waals surface area contributed by atoms with Gasteiger partial charge in [0.05, 0.1) is 11.4 Å². The van der Waals surface area contributed by atoms with Crippen molar-refractivity contribution in [2.45, 2.75) is 6.92 Å². The number of pyridine rings is 1. The van der Waals surface area contributed by atoms with Crippen LogP contribution in [0.3, 0.4) is 0 Å². The summed E-state index contributed by atoms with van der Waals surface area (Å²) in [5, 5.41) is 0.984. The summed E-state index contributed by atoms with van der Waals surface area (Å²) >= 11 is 0. The number of benzene rings is 1. The van der Waals surface area contributed by atoms with Crippen molar-refractivity contribution in [3.8, 4) is 22.5 Å². The van der Waals surface area contributed by atoms with Gasteiger partial charge in [0.15, 0.2) is 0 Å². The van der Waals surface area contributed by atoms with Crippen LogP contribution in [0.25, 0.3) is 33.5 Å². The van der Waals surface area contributed by atoms with E-state index in [-0.39, 0.29) is 5.91 Å². The number of carbonyl (C=O) groups is 1. The third kappa shape index (κ3) is 3.17. The minimum absolute atomic E-state index is 0.0200. The van der Waals surface area contributed by atoms with Crippen molar-refractivity contribution in [2.24, 2.45) is 0 Å². The number of H-pyrrole nitrogens is 1. The molecule has 6 nitrogen and oxygen atoms in total. The van der Waals surface area contributed by atoms with Crippen molar-refractivity contribution in [3.05, 3.63) is 66.2 Å². The van der Waals surface area contributed by atoms with Crippen LogP contribution in [-0.4, -0.2) is 44.8 Å². The molecular formula is C21H19N5O. The lowest BCUT2D eigenvalue weighted by molar-refractivity contribution is 0.0827. The molecular weight excluding hydrogens is 338 g/mol. The molecule has 0 aliphatic carbocycles. The Kier molecular flexibility index (Phi) is 4.16. The van der Waals surface area contributed by atoms with Gasteiger partial charge in [-0.2, -0.15) is 0 Å². The average Bonchev–Trinajstić information content (AvgIpc) is 3.12. The monoisotopic (exact) mass is 357 g/mol. The fourth-order valence-corrected chi connectivity index (χ4v) is 3.10. The minimum Gasteiger partial charge on any atom is -0.345 e. The molecule has 27 heavy (non-hydrogen) atoms. The maximum Gasteiger partial charge on any atom is 0.253 e. The number of nitrogens with zero attached hydrogens (tertiary/aromatic N) is 4. The lowest BCUT2D eigenvalue weighted by atomic mass is 10.0. The molecule has 1 aromatic carbocycles. The highest BCUT2D eigenvalue weighted by Gasteiger charge is 2.13. The molecule has 0 saturated carbocycles. The number of aromatic nitrogens is 4. The Labute approximate surface area is 156 Å².